The van der Waals surface area contributed by atoms with Crippen LogP contribution in [0, 0.1) is 13.8 Å². The molecule has 128 valence electrons. The highest BCUT2D eigenvalue weighted by molar-refractivity contribution is 9.10. The van der Waals surface area contributed by atoms with Crippen molar-refractivity contribution in [3.05, 3.63) is 68.5 Å². The lowest BCUT2D eigenvalue weighted by Gasteiger charge is -2.16. The van der Waals surface area contributed by atoms with E-state index in [2.05, 4.69) is 21.2 Å². The Morgan fingerprint density at radius 2 is 1.84 bits per heavy atom. The van der Waals surface area contributed by atoms with Gasteiger partial charge in [0.15, 0.2) is 0 Å². The van der Waals surface area contributed by atoms with Crippen molar-refractivity contribution in [2.75, 3.05) is 12.0 Å². The fourth-order valence-corrected chi connectivity index (χ4v) is 3.75. The summed E-state index contributed by atoms with van der Waals surface area (Å²) in [4.78, 5) is 26.4. The van der Waals surface area contributed by atoms with Crippen LogP contribution in [0.1, 0.15) is 16.7 Å². The summed E-state index contributed by atoms with van der Waals surface area (Å²) in [7, 11) is 0. The molecule has 0 bridgehead atoms. The van der Waals surface area contributed by atoms with Crippen molar-refractivity contribution in [1.29, 1.82) is 0 Å². The number of halogens is 1. The van der Waals surface area contributed by atoms with Crippen molar-refractivity contribution < 1.29 is 9.59 Å². The van der Waals surface area contributed by atoms with Crippen molar-refractivity contribution in [2.45, 2.75) is 13.8 Å². The summed E-state index contributed by atoms with van der Waals surface area (Å²) in [6.45, 7) is 4.13. The number of imide groups is 1. The van der Waals surface area contributed by atoms with E-state index < -0.39 is 0 Å². The van der Waals surface area contributed by atoms with Crippen molar-refractivity contribution in [3.8, 4) is 0 Å². The minimum atomic E-state index is -0.266. The largest absolute Gasteiger partial charge is 0.367 e. The number of thioether (sulfide) groups is 1. The number of anilines is 1. The van der Waals surface area contributed by atoms with Crippen molar-refractivity contribution in [2.24, 2.45) is 0 Å². The number of hydrogen-bond donors (Lipinski definition) is 1. The minimum Gasteiger partial charge on any atom is -0.367 e. The summed E-state index contributed by atoms with van der Waals surface area (Å²) in [5.74, 6) is -0.266. The monoisotopic (exact) mass is 416 g/mol. The molecule has 1 aliphatic rings. The van der Waals surface area contributed by atoms with Crippen LogP contribution in [0.3, 0.4) is 0 Å². The Morgan fingerprint density at radius 3 is 2.52 bits per heavy atom. The third-order valence-corrected chi connectivity index (χ3v) is 5.27. The van der Waals surface area contributed by atoms with E-state index in [-0.39, 0.29) is 17.8 Å². The van der Waals surface area contributed by atoms with Gasteiger partial charge >= 0.3 is 0 Å². The zero-order valence-corrected chi connectivity index (χ0v) is 16.3. The smallest absolute Gasteiger partial charge is 0.295 e. The molecule has 4 nitrogen and oxygen atoms in total. The van der Waals surface area contributed by atoms with Gasteiger partial charge in [0.05, 0.1) is 11.6 Å². The predicted octanol–water partition coefficient (Wildman–Crippen LogP) is 5.17. The first-order valence-corrected chi connectivity index (χ1v) is 9.37. The molecule has 0 aromatic heterocycles. The number of carbonyl (C=O) groups is 2. The number of nitrogens with zero attached hydrogens (tertiary/aromatic N) is 1. The number of nitrogens with one attached hydrogen (secondary N) is 1. The molecule has 0 aliphatic carbocycles. The summed E-state index contributed by atoms with van der Waals surface area (Å²) in [5.41, 5.74) is 3.99. The van der Waals surface area contributed by atoms with Crippen LogP contribution in [0.5, 0.6) is 0 Å². The Bertz CT molecular complexity index is 862. The molecule has 25 heavy (non-hydrogen) atoms. The molecule has 1 saturated heterocycles. The Labute approximate surface area is 159 Å². The van der Waals surface area contributed by atoms with Crippen LogP contribution in [0.15, 0.2) is 51.8 Å². The first-order valence-electron chi connectivity index (χ1n) is 7.76. The van der Waals surface area contributed by atoms with Gasteiger partial charge in [-0.3, -0.25) is 14.5 Å². The normalized spacial score (nSPS) is 16.0. The molecule has 0 spiro atoms. The van der Waals surface area contributed by atoms with Gasteiger partial charge in [-0.2, -0.15) is 0 Å². The maximum Gasteiger partial charge on any atom is 0.295 e. The lowest BCUT2D eigenvalue weighted by Crippen LogP contribution is -2.33. The molecule has 2 aromatic carbocycles. The highest BCUT2D eigenvalue weighted by Crippen LogP contribution is 2.32. The number of carbonyl (C=O) groups excluding carboxylic acids is 2. The van der Waals surface area contributed by atoms with E-state index in [0.717, 1.165) is 38.6 Å². The van der Waals surface area contributed by atoms with Gasteiger partial charge in [-0.25, -0.2) is 0 Å². The molecule has 0 atom stereocenters. The number of benzene rings is 2. The summed E-state index contributed by atoms with van der Waals surface area (Å²) in [6.07, 6.45) is 1.76. The van der Waals surface area contributed by atoms with E-state index in [9.17, 15) is 9.59 Å². The highest BCUT2D eigenvalue weighted by Gasteiger charge is 2.34. The highest BCUT2D eigenvalue weighted by atomic mass is 79.9. The Morgan fingerprint density at radius 1 is 1.12 bits per heavy atom. The number of rotatable bonds is 4. The Kier molecular flexibility index (Phi) is 5.30. The third kappa shape index (κ3) is 4.14. The molecule has 0 unspecified atom stereocenters. The molecule has 1 heterocycles. The van der Waals surface area contributed by atoms with Gasteiger partial charge in [0.2, 0.25) is 0 Å². The van der Waals surface area contributed by atoms with Crippen LogP contribution in [-0.4, -0.2) is 22.7 Å². The lowest BCUT2D eigenvalue weighted by atomic mass is 10.1. The molecule has 1 aliphatic heterocycles. The van der Waals surface area contributed by atoms with Gasteiger partial charge in [-0.1, -0.05) is 45.8 Å². The van der Waals surface area contributed by atoms with Crippen LogP contribution in [-0.2, 0) is 4.79 Å². The summed E-state index contributed by atoms with van der Waals surface area (Å²) < 4.78 is 0.989. The third-order valence-electron chi connectivity index (χ3n) is 3.86. The van der Waals surface area contributed by atoms with Crippen LogP contribution in [0.4, 0.5) is 10.5 Å². The second-order valence-corrected chi connectivity index (χ2v) is 7.72. The van der Waals surface area contributed by atoms with Gasteiger partial charge in [0, 0.05) is 10.2 Å². The first-order chi connectivity index (χ1) is 11.9. The zero-order valence-electron chi connectivity index (χ0n) is 13.9. The Hall–Kier alpha value is -2.05. The van der Waals surface area contributed by atoms with Gasteiger partial charge in [0.1, 0.15) is 0 Å². The molecular formula is C19H17BrN2O2S. The van der Waals surface area contributed by atoms with E-state index >= 15 is 0 Å². The first kappa shape index (κ1) is 17.8. The number of amides is 2. The second-order valence-electron chi connectivity index (χ2n) is 5.81. The molecule has 1 N–H and O–H groups in total. The molecule has 2 amide bonds. The zero-order chi connectivity index (χ0) is 18.0. The van der Waals surface area contributed by atoms with Crippen LogP contribution in [0.25, 0.3) is 6.08 Å². The quantitative estimate of drug-likeness (QED) is 0.698. The maximum absolute atomic E-state index is 12.5. The minimum absolute atomic E-state index is 0.151. The van der Waals surface area contributed by atoms with Gasteiger partial charge in [-0.15, -0.1) is 0 Å². The fourth-order valence-electron chi connectivity index (χ4n) is 2.44. The number of aryl methyl sites for hydroxylation is 2. The molecule has 0 radical (unpaired) electrons. The van der Waals surface area contributed by atoms with E-state index in [1.165, 1.54) is 4.90 Å². The van der Waals surface area contributed by atoms with E-state index in [1.54, 1.807) is 6.08 Å². The van der Waals surface area contributed by atoms with Crippen LogP contribution < -0.4 is 5.32 Å². The molecule has 0 saturated carbocycles. The van der Waals surface area contributed by atoms with E-state index in [4.69, 9.17) is 0 Å². The maximum atomic E-state index is 12.5. The lowest BCUT2D eigenvalue weighted by molar-refractivity contribution is -0.122. The number of hydrogen-bond acceptors (Lipinski definition) is 4. The van der Waals surface area contributed by atoms with Crippen LogP contribution >= 0.6 is 27.7 Å². The average Bonchev–Trinajstić information content (AvgIpc) is 2.83. The molecule has 2 aromatic rings. The summed E-state index contributed by atoms with van der Waals surface area (Å²) in [5, 5.41) is 2.90. The van der Waals surface area contributed by atoms with Gasteiger partial charge in [-0.05, 0) is 61.0 Å². The van der Waals surface area contributed by atoms with E-state index in [1.807, 2.05) is 56.3 Å². The Balaban J connectivity index is 1.72. The molecule has 6 heteroatoms. The molecule has 1 fully saturated rings. The SMILES string of the molecule is Cc1ccc(C=C2SC(=O)N(CNc3ccc(Br)cc3C)C2=O)cc1. The average molecular weight is 417 g/mol. The van der Waals surface area contributed by atoms with Crippen molar-refractivity contribution >= 4 is 50.6 Å². The van der Waals surface area contributed by atoms with Gasteiger partial charge < -0.3 is 5.32 Å². The molecular weight excluding hydrogens is 400 g/mol. The van der Waals surface area contributed by atoms with E-state index in [0.29, 0.717) is 4.91 Å². The fraction of sp³-hybridized carbons (Fsp3) is 0.158. The van der Waals surface area contributed by atoms with Crippen molar-refractivity contribution in [1.82, 2.24) is 4.90 Å². The van der Waals surface area contributed by atoms with Crippen LogP contribution in [0.2, 0.25) is 0 Å². The van der Waals surface area contributed by atoms with Crippen molar-refractivity contribution in [3.63, 3.8) is 0 Å². The molecule has 3 rings (SSSR count). The summed E-state index contributed by atoms with van der Waals surface area (Å²) >= 11 is 4.39. The predicted molar refractivity (Wildman–Crippen MR) is 106 cm³/mol. The topological polar surface area (TPSA) is 49.4 Å². The summed E-state index contributed by atoms with van der Waals surface area (Å²) in [6, 6.07) is 13.6. The van der Waals surface area contributed by atoms with Gasteiger partial charge in [0.25, 0.3) is 11.1 Å². The second kappa shape index (κ2) is 7.45. The standard InChI is InChI=1S/C19H17BrN2O2S/c1-12-3-5-14(6-4-12)10-17-18(23)22(19(24)25-17)11-21-16-8-7-15(20)9-13(16)2/h3-10,21H,11H2,1-2H3.